The minimum absolute atomic E-state index is 0.152. The van der Waals surface area contributed by atoms with Gasteiger partial charge in [-0.2, -0.15) is 0 Å². The molecular weight excluding hydrogens is 152 g/mol. The fraction of sp³-hybridized carbons (Fsp3) is 0.889. The maximum atomic E-state index is 11.2. The van der Waals surface area contributed by atoms with Crippen LogP contribution in [0.4, 0.5) is 0 Å². The van der Waals surface area contributed by atoms with Gasteiger partial charge in [0.1, 0.15) is 0 Å². The fourth-order valence-corrected chi connectivity index (χ4v) is 0.836. The van der Waals surface area contributed by atoms with Crippen LogP contribution in [-0.4, -0.2) is 26.0 Å². The molecule has 1 amide bonds. The van der Waals surface area contributed by atoms with E-state index in [0.717, 1.165) is 25.9 Å². The van der Waals surface area contributed by atoms with Crippen LogP contribution in [0.15, 0.2) is 0 Å². The van der Waals surface area contributed by atoms with Crippen molar-refractivity contribution in [3.8, 4) is 0 Å². The first-order valence-electron chi connectivity index (χ1n) is 4.64. The second kappa shape index (κ2) is 7.10. The molecule has 0 radical (unpaired) electrons. The zero-order chi connectivity index (χ0) is 9.40. The van der Waals surface area contributed by atoms with Gasteiger partial charge in [-0.1, -0.05) is 13.8 Å². The molecule has 0 aliphatic carbocycles. The lowest BCUT2D eigenvalue weighted by atomic mass is 10.1. The van der Waals surface area contributed by atoms with Gasteiger partial charge in [-0.05, 0) is 26.4 Å². The molecule has 0 saturated heterocycles. The van der Waals surface area contributed by atoms with Crippen molar-refractivity contribution in [1.29, 1.82) is 0 Å². The minimum Gasteiger partial charge on any atom is -0.356 e. The van der Waals surface area contributed by atoms with Crippen LogP contribution in [0.3, 0.4) is 0 Å². The highest BCUT2D eigenvalue weighted by Gasteiger charge is 2.08. The molecule has 0 aliphatic heterocycles. The van der Waals surface area contributed by atoms with E-state index in [2.05, 4.69) is 10.6 Å². The second-order valence-electron chi connectivity index (χ2n) is 3.06. The summed E-state index contributed by atoms with van der Waals surface area (Å²) >= 11 is 0. The Kier molecular flexibility index (Phi) is 6.76. The van der Waals surface area contributed by atoms with Gasteiger partial charge in [0.15, 0.2) is 0 Å². The number of carbonyl (C=O) groups excluding carboxylic acids is 1. The Bertz CT molecular complexity index is 126. The van der Waals surface area contributed by atoms with Crippen LogP contribution in [0.1, 0.15) is 26.7 Å². The summed E-state index contributed by atoms with van der Waals surface area (Å²) in [5, 5.41) is 5.92. The van der Waals surface area contributed by atoms with E-state index in [1.165, 1.54) is 0 Å². The third kappa shape index (κ3) is 5.13. The molecule has 0 heterocycles. The molecule has 0 spiro atoms. The van der Waals surface area contributed by atoms with E-state index in [1.54, 1.807) is 0 Å². The molecule has 0 fully saturated rings. The quantitative estimate of drug-likeness (QED) is 0.581. The summed E-state index contributed by atoms with van der Waals surface area (Å²) in [6.07, 6.45) is 1.91. The molecule has 1 unspecified atom stereocenters. The molecule has 0 aromatic carbocycles. The van der Waals surface area contributed by atoms with Gasteiger partial charge in [0.2, 0.25) is 5.91 Å². The summed E-state index contributed by atoms with van der Waals surface area (Å²) < 4.78 is 0. The maximum absolute atomic E-state index is 11.2. The van der Waals surface area contributed by atoms with E-state index < -0.39 is 0 Å². The predicted octanol–water partition coefficient (Wildman–Crippen LogP) is 0.758. The molecule has 1 atom stereocenters. The van der Waals surface area contributed by atoms with Crippen molar-refractivity contribution >= 4 is 5.91 Å². The Morgan fingerprint density at radius 2 is 2.08 bits per heavy atom. The van der Waals surface area contributed by atoms with Crippen molar-refractivity contribution in [3.63, 3.8) is 0 Å². The summed E-state index contributed by atoms with van der Waals surface area (Å²) in [6.45, 7) is 5.72. The van der Waals surface area contributed by atoms with E-state index in [1.807, 2.05) is 20.9 Å². The molecule has 12 heavy (non-hydrogen) atoms. The number of hydrogen-bond donors (Lipinski definition) is 2. The molecule has 0 rings (SSSR count). The van der Waals surface area contributed by atoms with Crippen LogP contribution in [-0.2, 0) is 4.79 Å². The van der Waals surface area contributed by atoms with Crippen molar-refractivity contribution < 1.29 is 4.79 Å². The number of amides is 1. The van der Waals surface area contributed by atoms with Crippen molar-refractivity contribution in [2.75, 3.05) is 20.1 Å². The van der Waals surface area contributed by atoms with Crippen LogP contribution in [0.25, 0.3) is 0 Å². The van der Waals surface area contributed by atoms with E-state index >= 15 is 0 Å². The van der Waals surface area contributed by atoms with Gasteiger partial charge >= 0.3 is 0 Å². The molecule has 0 aromatic rings. The van der Waals surface area contributed by atoms with Crippen LogP contribution in [0.5, 0.6) is 0 Å². The van der Waals surface area contributed by atoms with Gasteiger partial charge in [-0.15, -0.1) is 0 Å². The molecule has 0 bridgehead atoms. The highest BCUT2D eigenvalue weighted by atomic mass is 16.1. The summed E-state index contributed by atoms with van der Waals surface area (Å²) in [5.41, 5.74) is 0. The van der Waals surface area contributed by atoms with Crippen molar-refractivity contribution in [1.82, 2.24) is 10.6 Å². The molecule has 72 valence electrons. The smallest absolute Gasteiger partial charge is 0.222 e. The highest BCUT2D eigenvalue weighted by Crippen LogP contribution is 1.98. The first kappa shape index (κ1) is 11.4. The second-order valence-corrected chi connectivity index (χ2v) is 3.06. The lowest BCUT2D eigenvalue weighted by Crippen LogP contribution is -2.30. The maximum Gasteiger partial charge on any atom is 0.222 e. The zero-order valence-corrected chi connectivity index (χ0v) is 8.31. The molecule has 0 aromatic heterocycles. The Labute approximate surface area is 74.9 Å². The Balaban J connectivity index is 3.31. The number of carbonyl (C=O) groups is 1. The predicted molar refractivity (Wildman–Crippen MR) is 51.0 cm³/mol. The van der Waals surface area contributed by atoms with Gasteiger partial charge < -0.3 is 10.6 Å². The number of nitrogens with one attached hydrogen (secondary N) is 2. The first-order valence-corrected chi connectivity index (χ1v) is 4.64. The lowest BCUT2D eigenvalue weighted by molar-refractivity contribution is -0.124. The van der Waals surface area contributed by atoms with Gasteiger partial charge in [0, 0.05) is 12.5 Å². The monoisotopic (exact) mass is 172 g/mol. The Morgan fingerprint density at radius 3 is 2.58 bits per heavy atom. The van der Waals surface area contributed by atoms with E-state index in [9.17, 15) is 4.79 Å². The van der Waals surface area contributed by atoms with Gasteiger partial charge in [0.05, 0.1) is 0 Å². The standard InChI is InChI=1S/C9H20N2O/c1-4-8(2)9(12)11-7-5-6-10-3/h8,10H,4-7H2,1-3H3,(H,11,12). The summed E-state index contributed by atoms with van der Waals surface area (Å²) in [5.74, 6) is 0.327. The van der Waals surface area contributed by atoms with Crippen molar-refractivity contribution in [3.05, 3.63) is 0 Å². The average Bonchev–Trinajstić information content (AvgIpc) is 2.10. The Morgan fingerprint density at radius 1 is 1.42 bits per heavy atom. The van der Waals surface area contributed by atoms with Crippen LogP contribution >= 0.6 is 0 Å². The van der Waals surface area contributed by atoms with Crippen LogP contribution < -0.4 is 10.6 Å². The zero-order valence-electron chi connectivity index (χ0n) is 8.31. The average molecular weight is 172 g/mol. The first-order chi connectivity index (χ1) is 5.72. The Hall–Kier alpha value is -0.570. The summed E-state index contributed by atoms with van der Waals surface area (Å²) in [6, 6.07) is 0. The minimum atomic E-state index is 0.152. The number of rotatable bonds is 6. The van der Waals surface area contributed by atoms with Crippen LogP contribution in [0, 0.1) is 5.92 Å². The topological polar surface area (TPSA) is 41.1 Å². The molecule has 0 aliphatic rings. The highest BCUT2D eigenvalue weighted by molar-refractivity contribution is 5.78. The van der Waals surface area contributed by atoms with Crippen molar-refractivity contribution in [2.45, 2.75) is 26.7 Å². The fourth-order valence-electron chi connectivity index (χ4n) is 0.836. The molecule has 3 heteroatoms. The van der Waals surface area contributed by atoms with E-state index in [4.69, 9.17) is 0 Å². The summed E-state index contributed by atoms with van der Waals surface area (Å²) in [4.78, 5) is 11.2. The van der Waals surface area contributed by atoms with E-state index in [-0.39, 0.29) is 11.8 Å². The van der Waals surface area contributed by atoms with Crippen molar-refractivity contribution in [2.24, 2.45) is 5.92 Å². The lowest BCUT2D eigenvalue weighted by Gasteiger charge is -2.09. The largest absolute Gasteiger partial charge is 0.356 e. The van der Waals surface area contributed by atoms with Gasteiger partial charge in [0.25, 0.3) is 0 Å². The molecule has 0 saturated carbocycles. The normalized spacial score (nSPS) is 12.6. The molecule has 2 N–H and O–H groups in total. The van der Waals surface area contributed by atoms with Gasteiger partial charge in [-0.25, -0.2) is 0 Å². The third-order valence-electron chi connectivity index (χ3n) is 1.96. The van der Waals surface area contributed by atoms with E-state index in [0.29, 0.717) is 0 Å². The molecule has 3 nitrogen and oxygen atoms in total. The van der Waals surface area contributed by atoms with Crippen LogP contribution in [0.2, 0.25) is 0 Å². The third-order valence-corrected chi connectivity index (χ3v) is 1.96. The van der Waals surface area contributed by atoms with Gasteiger partial charge in [-0.3, -0.25) is 4.79 Å². The summed E-state index contributed by atoms with van der Waals surface area (Å²) in [7, 11) is 1.91. The number of hydrogen-bond acceptors (Lipinski definition) is 2. The SMILES string of the molecule is CCC(C)C(=O)NCCCNC. The molecular formula is C9H20N2O.